The van der Waals surface area contributed by atoms with Gasteiger partial charge in [-0.05, 0) is 5.56 Å². The summed E-state index contributed by atoms with van der Waals surface area (Å²) in [6.07, 6.45) is 0.819. The molecule has 1 heterocycles. The molecular formula is C15H18N2O2. The number of hydrogen-bond donors (Lipinski definition) is 0. The third-order valence-corrected chi connectivity index (χ3v) is 2.86. The molecule has 4 heteroatoms. The molecule has 0 saturated carbocycles. The fraction of sp³-hybridized carbons (Fsp3) is 0.400. The Morgan fingerprint density at radius 3 is 2.53 bits per heavy atom. The summed E-state index contributed by atoms with van der Waals surface area (Å²) in [6, 6.07) is 9.93. The third kappa shape index (κ3) is 3.74. The highest BCUT2D eigenvalue weighted by Gasteiger charge is 2.23. The van der Waals surface area contributed by atoms with Crippen molar-refractivity contribution in [3.8, 4) is 0 Å². The van der Waals surface area contributed by atoms with E-state index in [9.17, 15) is 4.79 Å². The number of Topliss-reactive ketones (excluding diaryl/α,β-unsaturated/α-hetero) is 1. The van der Waals surface area contributed by atoms with Crippen LogP contribution >= 0.6 is 0 Å². The van der Waals surface area contributed by atoms with Gasteiger partial charge in [0, 0.05) is 11.8 Å². The second-order valence-electron chi connectivity index (χ2n) is 5.62. The fourth-order valence-corrected chi connectivity index (χ4v) is 1.61. The minimum absolute atomic E-state index is 0.0995. The van der Waals surface area contributed by atoms with E-state index in [1.807, 2.05) is 51.1 Å². The molecule has 4 nitrogen and oxygen atoms in total. The summed E-state index contributed by atoms with van der Waals surface area (Å²) in [4.78, 5) is 16.1. The van der Waals surface area contributed by atoms with Crippen molar-refractivity contribution in [2.45, 2.75) is 33.6 Å². The smallest absolute Gasteiger partial charge is 0.234 e. The lowest BCUT2D eigenvalue weighted by atomic mass is 9.89. The fourth-order valence-electron chi connectivity index (χ4n) is 1.61. The van der Waals surface area contributed by atoms with Crippen molar-refractivity contribution >= 4 is 5.78 Å². The minimum atomic E-state index is -0.381. The Morgan fingerprint density at radius 1 is 1.21 bits per heavy atom. The van der Waals surface area contributed by atoms with Crippen LogP contribution in [0.15, 0.2) is 34.9 Å². The Morgan fingerprint density at radius 2 is 1.89 bits per heavy atom. The number of nitrogens with zero attached hydrogens (tertiary/aromatic N) is 2. The average Bonchev–Trinajstić information content (AvgIpc) is 2.76. The molecule has 0 unspecified atom stereocenters. The molecule has 2 rings (SSSR count). The monoisotopic (exact) mass is 258 g/mol. The van der Waals surface area contributed by atoms with Crippen LogP contribution in [0.1, 0.15) is 38.0 Å². The predicted octanol–water partition coefficient (Wildman–Crippen LogP) is 2.82. The molecule has 0 bridgehead atoms. The van der Waals surface area contributed by atoms with Gasteiger partial charge >= 0.3 is 0 Å². The summed E-state index contributed by atoms with van der Waals surface area (Å²) in [6.45, 7) is 5.66. The molecule has 0 spiro atoms. The molecular weight excluding hydrogens is 240 g/mol. The molecule has 1 aromatic heterocycles. The molecule has 1 aromatic carbocycles. The van der Waals surface area contributed by atoms with Crippen LogP contribution in [0.5, 0.6) is 0 Å². The van der Waals surface area contributed by atoms with Gasteiger partial charge in [-0.3, -0.25) is 4.79 Å². The molecule has 0 radical (unpaired) electrons. The topological polar surface area (TPSA) is 56.0 Å². The second kappa shape index (κ2) is 5.34. The van der Waals surface area contributed by atoms with Gasteiger partial charge < -0.3 is 4.52 Å². The highest BCUT2D eigenvalue weighted by Crippen LogP contribution is 2.17. The molecule has 0 aliphatic carbocycles. The standard InChI is InChI=1S/C15H18N2O2/c1-15(2,3)12(18)10-14-16-13(17-19-14)9-11-7-5-4-6-8-11/h4-8H,9-10H2,1-3H3. The molecule has 0 fully saturated rings. The van der Waals surface area contributed by atoms with Crippen molar-refractivity contribution in [3.05, 3.63) is 47.6 Å². The van der Waals surface area contributed by atoms with Crippen LogP contribution in [0, 0.1) is 5.41 Å². The van der Waals surface area contributed by atoms with Crippen molar-refractivity contribution in [2.75, 3.05) is 0 Å². The van der Waals surface area contributed by atoms with E-state index in [1.54, 1.807) is 0 Å². The molecule has 0 aliphatic heterocycles. The van der Waals surface area contributed by atoms with Crippen LogP contribution in [0.4, 0.5) is 0 Å². The summed E-state index contributed by atoms with van der Waals surface area (Å²) in [5.41, 5.74) is 0.741. The van der Waals surface area contributed by atoms with Gasteiger partial charge in [-0.15, -0.1) is 0 Å². The number of carbonyl (C=O) groups excluding carboxylic acids is 1. The van der Waals surface area contributed by atoms with Gasteiger partial charge in [0.1, 0.15) is 5.78 Å². The highest BCUT2D eigenvalue weighted by atomic mass is 16.5. The van der Waals surface area contributed by atoms with Crippen LogP contribution in [-0.4, -0.2) is 15.9 Å². The van der Waals surface area contributed by atoms with Gasteiger partial charge in [0.25, 0.3) is 0 Å². The number of rotatable bonds is 4. The van der Waals surface area contributed by atoms with Crippen LogP contribution in [0.25, 0.3) is 0 Å². The van der Waals surface area contributed by atoms with E-state index in [0.29, 0.717) is 18.1 Å². The van der Waals surface area contributed by atoms with E-state index in [2.05, 4.69) is 10.1 Å². The largest absolute Gasteiger partial charge is 0.339 e. The van der Waals surface area contributed by atoms with Crippen LogP contribution in [-0.2, 0) is 17.6 Å². The van der Waals surface area contributed by atoms with E-state index in [0.717, 1.165) is 5.56 Å². The maximum Gasteiger partial charge on any atom is 0.234 e. The molecule has 100 valence electrons. The van der Waals surface area contributed by atoms with E-state index < -0.39 is 0 Å². The number of carbonyl (C=O) groups is 1. The quantitative estimate of drug-likeness (QED) is 0.846. The van der Waals surface area contributed by atoms with Crippen molar-refractivity contribution in [1.82, 2.24) is 10.1 Å². The first-order valence-corrected chi connectivity index (χ1v) is 6.34. The number of aromatic nitrogens is 2. The van der Waals surface area contributed by atoms with Crippen molar-refractivity contribution in [2.24, 2.45) is 5.41 Å². The first kappa shape index (κ1) is 13.5. The van der Waals surface area contributed by atoms with Gasteiger partial charge in [0.15, 0.2) is 5.82 Å². The first-order valence-electron chi connectivity index (χ1n) is 6.34. The Kier molecular flexibility index (Phi) is 3.79. The zero-order valence-corrected chi connectivity index (χ0v) is 11.5. The molecule has 0 saturated heterocycles. The van der Waals surface area contributed by atoms with Crippen molar-refractivity contribution < 1.29 is 9.32 Å². The third-order valence-electron chi connectivity index (χ3n) is 2.86. The lowest BCUT2D eigenvalue weighted by molar-refractivity contribution is -0.125. The SMILES string of the molecule is CC(C)(C)C(=O)Cc1nc(Cc2ccccc2)no1. The summed E-state index contributed by atoms with van der Waals surface area (Å²) in [5, 5.41) is 3.91. The van der Waals surface area contributed by atoms with Gasteiger partial charge in [0.2, 0.25) is 5.89 Å². The Balaban J connectivity index is 2.02. The van der Waals surface area contributed by atoms with E-state index in [1.165, 1.54) is 0 Å². The lowest BCUT2D eigenvalue weighted by Gasteiger charge is -2.14. The number of hydrogen-bond acceptors (Lipinski definition) is 4. The Bertz CT molecular complexity index is 553. The summed E-state index contributed by atoms with van der Waals surface area (Å²) >= 11 is 0. The Hall–Kier alpha value is -1.97. The number of ketones is 1. The van der Waals surface area contributed by atoms with Gasteiger partial charge in [-0.1, -0.05) is 56.3 Å². The lowest BCUT2D eigenvalue weighted by Crippen LogP contribution is -2.22. The minimum Gasteiger partial charge on any atom is -0.339 e. The maximum atomic E-state index is 11.9. The molecule has 19 heavy (non-hydrogen) atoms. The highest BCUT2D eigenvalue weighted by molar-refractivity contribution is 5.84. The maximum absolute atomic E-state index is 11.9. The van der Waals surface area contributed by atoms with Gasteiger partial charge in [0.05, 0.1) is 6.42 Å². The zero-order valence-electron chi connectivity index (χ0n) is 11.5. The van der Waals surface area contributed by atoms with Crippen LogP contribution in [0.2, 0.25) is 0 Å². The Labute approximate surface area is 112 Å². The van der Waals surface area contributed by atoms with Crippen LogP contribution < -0.4 is 0 Å². The summed E-state index contributed by atoms with van der Waals surface area (Å²) in [5.74, 6) is 1.11. The first-order chi connectivity index (χ1) is 8.95. The molecule has 2 aromatic rings. The van der Waals surface area contributed by atoms with Crippen molar-refractivity contribution in [1.29, 1.82) is 0 Å². The molecule has 0 atom stereocenters. The molecule has 0 N–H and O–H groups in total. The summed E-state index contributed by atoms with van der Waals surface area (Å²) in [7, 11) is 0. The molecule has 0 amide bonds. The van der Waals surface area contributed by atoms with Crippen LogP contribution in [0.3, 0.4) is 0 Å². The second-order valence-corrected chi connectivity index (χ2v) is 5.62. The normalized spacial score (nSPS) is 11.5. The van der Waals surface area contributed by atoms with E-state index in [4.69, 9.17) is 4.52 Å². The average molecular weight is 258 g/mol. The summed E-state index contributed by atoms with van der Waals surface area (Å²) < 4.78 is 5.12. The van der Waals surface area contributed by atoms with E-state index >= 15 is 0 Å². The zero-order chi connectivity index (χ0) is 13.9. The number of benzene rings is 1. The molecule has 0 aliphatic rings. The van der Waals surface area contributed by atoms with Gasteiger partial charge in [-0.2, -0.15) is 4.98 Å². The van der Waals surface area contributed by atoms with Crippen molar-refractivity contribution in [3.63, 3.8) is 0 Å². The van der Waals surface area contributed by atoms with Gasteiger partial charge in [-0.25, -0.2) is 0 Å². The predicted molar refractivity (Wildman–Crippen MR) is 71.7 cm³/mol. The van der Waals surface area contributed by atoms with E-state index in [-0.39, 0.29) is 17.6 Å².